The Balaban J connectivity index is 1.60. The molecule has 1 heterocycles. The van der Waals surface area contributed by atoms with E-state index < -0.39 is 10.0 Å². The minimum absolute atomic E-state index is 0.0348. The van der Waals surface area contributed by atoms with Crippen LogP contribution in [0.2, 0.25) is 0 Å². The van der Waals surface area contributed by atoms with Crippen LogP contribution in [0, 0.1) is 5.92 Å². The first-order valence-electron chi connectivity index (χ1n) is 6.90. The molecule has 1 fully saturated rings. The van der Waals surface area contributed by atoms with Crippen molar-refractivity contribution in [3.8, 4) is 0 Å². The van der Waals surface area contributed by atoms with Crippen LogP contribution in [0.4, 0.5) is 0 Å². The van der Waals surface area contributed by atoms with Gasteiger partial charge in [0.15, 0.2) is 0 Å². The van der Waals surface area contributed by atoms with Gasteiger partial charge in [-0.25, -0.2) is 17.8 Å². The summed E-state index contributed by atoms with van der Waals surface area (Å²) in [5.74, 6) is 0.560. The first-order chi connectivity index (χ1) is 9.64. The predicted molar refractivity (Wildman–Crippen MR) is 76.7 cm³/mol. The van der Waals surface area contributed by atoms with Crippen LogP contribution in [0.15, 0.2) is 24.3 Å². The Morgan fingerprint density at radius 3 is 2.85 bits per heavy atom. The van der Waals surface area contributed by atoms with E-state index in [1.165, 1.54) is 6.42 Å². The fourth-order valence-electron chi connectivity index (χ4n) is 2.30. The summed E-state index contributed by atoms with van der Waals surface area (Å²) in [6.07, 6.45) is 3.49. The Hall–Kier alpha value is -1.47. The third kappa shape index (κ3) is 2.99. The fraction of sp³-hybridized carbons (Fsp3) is 0.538. The third-order valence-corrected chi connectivity index (χ3v) is 5.14. The molecule has 1 aliphatic carbocycles. The topological polar surface area (TPSA) is 76.9 Å². The summed E-state index contributed by atoms with van der Waals surface area (Å²) in [5.41, 5.74) is 1.65. The maximum Gasteiger partial charge on any atom is 0.213 e. The predicted octanol–water partition coefficient (Wildman–Crippen LogP) is 1.15. The van der Waals surface area contributed by atoms with Crippen molar-refractivity contribution >= 4 is 21.1 Å². The molecule has 0 bridgehead atoms. The molecule has 0 unspecified atom stereocenters. The van der Waals surface area contributed by atoms with Crippen molar-refractivity contribution in [2.45, 2.75) is 25.8 Å². The minimum Gasteiger partial charge on any atom is -0.244 e. The number of para-hydroxylation sites is 1. The average molecular weight is 294 g/mol. The van der Waals surface area contributed by atoms with Gasteiger partial charge in [-0.15, -0.1) is 5.10 Å². The molecule has 20 heavy (non-hydrogen) atoms. The van der Waals surface area contributed by atoms with Crippen LogP contribution in [0.3, 0.4) is 0 Å². The van der Waals surface area contributed by atoms with E-state index in [2.05, 4.69) is 15.0 Å². The molecule has 0 amide bonds. The van der Waals surface area contributed by atoms with E-state index in [9.17, 15) is 8.42 Å². The van der Waals surface area contributed by atoms with Gasteiger partial charge in [-0.3, -0.25) is 0 Å². The molecule has 3 rings (SSSR count). The lowest BCUT2D eigenvalue weighted by atomic mass is 9.86. The van der Waals surface area contributed by atoms with Crippen LogP contribution in [-0.4, -0.2) is 35.7 Å². The molecule has 108 valence electrons. The molecule has 0 atom stereocenters. The number of hydrogen-bond acceptors (Lipinski definition) is 4. The molecule has 7 heteroatoms. The van der Waals surface area contributed by atoms with Crippen LogP contribution < -0.4 is 4.72 Å². The van der Waals surface area contributed by atoms with Crippen LogP contribution in [-0.2, 0) is 16.6 Å². The zero-order valence-electron chi connectivity index (χ0n) is 11.2. The van der Waals surface area contributed by atoms with E-state index in [0.717, 1.165) is 23.9 Å². The molecule has 0 aliphatic heterocycles. The van der Waals surface area contributed by atoms with Crippen molar-refractivity contribution in [1.29, 1.82) is 0 Å². The SMILES string of the molecule is O=S(=O)(CCn1nnc2ccccc21)NCC1CCC1. The highest BCUT2D eigenvalue weighted by Crippen LogP contribution is 2.25. The van der Waals surface area contributed by atoms with Gasteiger partial charge in [-0.05, 0) is 30.9 Å². The van der Waals surface area contributed by atoms with E-state index in [1.54, 1.807) is 4.68 Å². The highest BCUT2D eigenvalue weighted by molar-refractivity contribution is 7.89. The van der Waals surface area contributed by atoms with E-state index >= 15 is 0 Å². The number of aryl methyl sites for hydroxylation is 1. The van der Waals surface area contributed by atoms with Crippen LogP contribution >= 0.6 is 0 Å². The smallest absolute Gasteiger partial charge is 0.213 e. The second-order valence-electron chi connectivity index (χ2n) is 5.27. The van der Waals surface area contributed by atoms with Gasteiger partial charge >= 0.3 is 0 Å². The van der Waals surface area contributed by atoms with E-state index in [4.69, 9.17) is 0 Å². The normalized spacial score (nSPS) is 16.4. The molecule has 1 aliphatic rings. The summed E-state index contributed by atoms with van der Waals surface area (Å²) < 4.78 is 28.2. The Labute approximate surface area is 118 Å². The number of benzene rings is 1. The highest BCUT2D eigenvalue weighted by Gasteiger charge is 2.20. The van der Waals surface area contributed by atoms with Gasteiger partial charge in [0.05, 0.1) is 17.8 Å². The molecule has 0 spiro atoms. The van der Waals surface area contributed by atoms with Gasteiger partial charge in [0.2, 0.25) is 10.0 Å². The van der Waals surface area contributed by atoms with Crippen molar-refractivity contribution in [3.63, 3.8) is 0 Å². The van der Waals surface area contributed by atoms with Gasteiger partial charge in [0.25, 0.3) is 0 Å². The first-order valence-corrected chi connectivity index (χ1v) is 8.55. The quantitative estimate of drug-likeness (QED) is 0.867. The Kier molecular flexibility index (Phi) is 3.71. The van der Waals surface area contributed by atoms with Crippen molar-refractivity contribution < 1.29 is 8.42 Å². The first kappa shape index (κ1) is 13.5. The summed E-state index contributed by atoms with van der Waals surface area (Å²) in [5, 5.41) is 8.01. The summed E-state index contributed by atoms with van der Waals surface area (Å²) in [4.78, 5) is 0. The number of rotatable bonds is 6. The van der Waals surface area contributed by atoms with Gasteiger partial charge in [0, 0.05) is 6.54 Å². The highest BCUT2D eigenvalue weighted by atomic mass is 32.2. The second-order valence-corrected chi connectivity index (χ2v) is 7.19. The molecular weight excluding hydrogens is 276 g/mol. The van der Waals surface area contributed by atoms with E-state index in [-0.39, 0.29) is 5.75 Å². The lowest BCUT2D eigenvalue weighted by molar-refractivity contribution is 0.316. The lowest BCUT2D eigenvalue weighted by Gasteiger charge is -2.25. The number of sulfonamides is 1. The van der Waals surface area contributed by atoms with Crippen molar-refractivity contribution in [1.82, 2.24) is 19.7 Å². The number of aromatic nitrogens is 3. The number of fused-ring (bicyclic) bond motifs is 1. The lowest BCUT2D eigenvalue weighted by Crippen LogP contribution is -2.34. The number of hydrogen-bond donors (Lipinski definition) is 1. The maximum absolute atomic E-state index is 11.9. The second kappa shape index (κ2) is 5.49. The summed E-state index contributed by atoms with van der Waals surface area (Å²) in [7, 11) is -3.24. The molecule has 6 nitrogen and oxygen atoms in total. The van der Waals surface area contributed by atoms with E-state index in [0.29, 0.717) is 19.0 Å². The molecule has 2 aromatic rings. The zero-order chi connectivity index (χ0) is 14.0. The summed E-state index contributed by atoms with van der Waals surface area (Å²) in [6.45, 7) is 0.890. The Morgan fingerprint density at radius 1 is 1.30 bits per heavy atom. The molecule has 1 aromatic heterocycles. The van der Waals surface area contributed by atoms with Gasteiger partial charge < -0.3 is 0 Å². The summed E-state index contributed by atoms with van der Waals surface area (Å²) >= 11 is 0. The van der Waals surface area contributed by atoms with Gasteiger partial charge in [-0.1, -0.05) is 23.8 Å². The molecule has 1 saturated carbocycles. The van der Waals surface area contributed by atoms with E-state index in [1.807, 2.05) is 24.3 Å². The van der Waals surface area contributed by atoms with Crippen LogP contribution in [0.1, 0.15) is 19.3 Å². The number of nitrogens with zero attached hydrogens (tertiary/aromatic N) is 3. The summed E-state index contributed by atoms with van der Waals surface area (Å²) in [6, 6.07) is 7.54. The average Bonchev–Trinajstić information content (AvgIpc) is 2.78. The van der Waals surface area contributed by atoms with Crippen molar-refractivity contribution in [2.24, 2.45) is 5.92 Å². The van der Waals surface area contributed by atoms with Crippen molar-refractivity contribution in [2.75, 3.05) is 12.3 Å². The number of nitrogens with one attached hydrogen (secondary N) is 1. The van der Waals surface area contributed by atoms with Crippen LogP contribution in [0.5, 0.6) is 0 Å². The molecule has 1 aromatic carbocycles. The van der Waals surface area contributed by atoms with Gasteiger partial charge in [-0.2, -0.15) is 0 Å². The Bertz CT molecular complexity index is 691. The van der Waals surface area contributed by atoms with Gasteiger partial charge in [0.1, 0.15) is 5.52 Å². The standard InChI is InChI=1S/C13H18N4O2S/c18-20(19,14-10-11-4-3-5-11)9-8-17-13-7-2-1-6-12(13)15-16-17/h1-2,6-7,11,14H,3-5,8-10H2. The fourth-order valence-corrected chi connectivity index (χ4v) is 3.35. The third-order valence-electron chi connectivity index (χ3n) is 3.81. The molecule has 0 saturated heterocycles. The molecular formula is C13H18N4O2S. The monoisotopic (exact) mass is 294 g/mol. The molecule has 0 radical (unpaired) electrons. The largest absolute Gasteiger partial charge is 0.244 e. The minimum atomic E-state index is -3.24. The van der Waals surface area contributed by atoms with Crippen LogP contribution in [0.25, 0.3) is 11.0 Å². The molecule has 1 N–H and O–H groups in total. The maximum atomic E-state index is 11.9. The zero-order valence-corrected chi connectivity index (χ0v) is 12.0. The Morgan fingerprint density at radius 2 is 2.10 bits per heavy atom. The van der Waals surface area contributed by atoms with Crippen molar-refractivity contribution in [3.05, 3.63) is 24.3 Å².